The van der Waals surface area contributed by atoms with E-state index in [1.807, 2.05) is 24.5 Å². The number of thiocyanates is 1. The molecule has 0 bridgehead atoms. The SMILES string of the molecule is Cc1cc(SC#N)ccc1NS(=O)(=O)c1ccc(C(C)(C)C)cc1. The highest BCUT2D eigenvalue weighted by atomic mass is 32.2. The molecule has 0 radical (unpaired) electrons. The first-order valence-corrected chi connectivity index (χ1v) is 9.73. The summed E-state index contributed by atoms with van der Waals surface area (Å²) in [4.78, 5) is 1.01. The summed E-state index contributed by atoms with van der Waals surface area (Å²) in [6.07, 6.45) is 0. The van der Waals surface area contributed by atoms with Crippen molar-refractivity contribution >= 4 is 27.5 Å². The molecule has 2 aromatic rings. The Morgan fingerprint density at radius 3 is 2.21 bits per heavy atom. The zero-order valence-electron chi connectivity index (χ0n) is 14.1. The van der Waals surface area contributed by atoms with Gasteiger partial charge in [-0.25, -0.2) is 8.42 Å². The number of benzene rings is 2. The smallest absolute Gasteiger partial charge is 0.261 e. The molecule has 0 aromatic heterocycles. The number of anilines is 1. The van der Waals surface area contributed by atoms with Gasteiger partial charge < -0.3 is 0 Å². The standard InChI is InChI=1S/C18H20N2O2S2/c1-13-11-15(23-12-19)7-10-17(13)20-24(21,22)16-8-5-14(6-9-16)18(2,3)4/h5-11,20H,1-4H3. The maximum atomic E-state index is 12.6. The number of rotatable bonds is 4. The van der Waals surface area contributed by atoms with Crippen LogP contribution in [0.4, 0.5) is 5.69 Å². The number of thioether (sulfide) groups is 1. The van der Waals surface area contributed by atoms with Gasteiger partial charge in [-0.05, 0) is 65.6 Å². The molecule has 24 heavy (non-hydrogen) atoms. The molecule has 2 aromatic carbocycles. The summed E-state index contributed by atoms with van der Waals surface area (Å²) in [5.41, 5.74) is 2.33. The summed E-state index contributed by atoms with van der Waals surface area (Å²) >= 11 is 1.04. The van der Waals surface area contributed by atoms with E-state index >= 15 is 0 Å². The molecule has 0 unspecified atom stereocenters. The van der Waals surface area contributed by atoms with Crippen LogP contribution in [0.3, 0.4) is 0 Å². The normalized spacial score (nSPS) is 11.8. The summed E-state index contributed by atoms with van der Waals surface area (Å²) in [5.74, 6) is 0. The van der Waals surface area contributed by atoms with E-state index in [-0.39, 0.29) is 10.3 Å². The highest BCUT2D eigenvalue weighted by molar-refractivity contribution is 8.03. The number of hydrogen-bond donors (Lipinski definition) is 1. The fourth-order valence-electron chi connectivity index (χ4n) is 2.20. The van der Waals surface area contributed by atoms with E-state index in [1.54, 1.807) is 30.3 Å². The molecular weight excluding hydrogens is 340 g/mol. The number of nitrogens with one attached hydrogen (secondary N) is 1. The van der Waals surface area contributed by atoms with Gasteiger partial charge in [-0.1, -0.05) is 32.9 Å². The second-order valence-corrected chi connectivity index (χ2v) is 9.09. The molecule has 4 nitrogen and oxygen atoms in total. The number of nitriles is 1. The Kier molecular flexibility index (Phi) is 5.26. The van der Waals surface area contributed by atoms with Crippen molar-refractivity contribution in [2.45, 2.75) is 42.9 Å². The Bertz CT molecular complexity index is 875. The number of sulfonamides is 1. The number of hydrogen-bond acceptors (Lipinski definition) is 4. The van der Waals surface area contributed by atoms with Crippen LogP contribution in [0.1, 0.15) is 31.9 Å². The van der Waals surface area contributed by atoms with E-state index in [0.717, 1.165) is 27.8 Å². The third kappa shape index (κ3) is 4.31. The first-order valence-electron chi connectivity index (χ1n) is 7.43. The average molecular weight is 361 g/mol. The van der Waals surface area contributed by atoms with Crippen LogP contribution in [-0.2, 0) is 15.4 Å². The molecule has 1 N–H and O–H groups in total. The van der Waals surface area contributed by atoms with Crippen molar-refractivity contribution in [3.63, 3.8) is 0 Å². The summed E-state index contributed by atoms with van der Waals surface area (Å²) in [7, 11) is -3.65. The van der Waals surface area contributed by atoms with Gasteiger partial charge in [0, 0.05) is 4.90 Å². The predicted octanol–water partition coefficient (Wildman–Crippen LogP) is 4.67. The fourth-order valence-corrected chi connectivity index (χ4v) is 3.81. The number of nitrogens with zero attached hydrogens (tertiary/aromatic N) is 1. The van der Waals surface area contributed by atoms with Crippen LogP contribution >= 0.6 is 11.8 Å². The molecule has 0 saturated heterocycles. The molecule has 0 aliphatic heterocycles. The lowest BCUT2D eigenvalue weighted by Gasteiger charge is -2.19. The van der Waals surface area contributed by atoms with E-state index in [1.165, 1.54) is 0 Å². The lowest BCUT2D eigenvalue weighted by Crippen LogP contribution is -2.15. The Hall–Kier alpha value is -1.97. The van der Waals surface area contributed by atoms with Crippen molar-refractivity contribution in [1.29, 1.82) is 5.26 Å². The Balaban J connectivity index is 2.27. The second kappa shape index (κ2) is 6.88. The van der Waals surface area contributed by atoms with Crippen LogP contribution in [0.5, 0.6) is 0 Å². The van der Waals surface area contributed by atoms with Crippen LogP contribution in [0.25, 0.3) is 0 Å². The quantitative estimate of drug-likeness (QED) is 0.635. The van der Waals surface area contributed by atoms with Crippen LogP contribution in [-0.4, -0.2) is 8.42 Å². The van der Waals surface area contributed by atoms with Gasteiger partial charge in [0.05, 0.1) is 10.6 Å². The van der Waals surface area contributed by atoms with E-state index in [4.69, 9.17) is 5.26 Å². The van der Waals surface area contributed by atoms with Gasteiger partial charge in [0.25, 0.3) is 10.0 Å². The van der Waals surface area contributed by atoms with Gasteiger partial charge >= 0.3 is 0 Å². The van der Waals surface area contributed by atoms with Crippen molar-refractivity contribution in [2.75, 3.05) is 4.72 Å². The maximum absolute atomic E-state index is 12.6. The molecule has 126 valence electrons. The zero-order chi connectivity index (χ0) is 18.0. The molecule has 0 aliphatic rings. The fraction of sp³-hybridized carbons (Fsp3) is 0.278. The molecule has 0 spiro atoms. The monoisotopic (exact) mass is 360 g/mol. The first kappa shape index (κ1) is 18.4. The van der Waals surface area contributed by atoms with Crippen molar-refractivity contribution in [2.24, 2.45) is 0 Å². The minimum atomic E-state index is -3.65. The van der Waals surface area contributed by atoms with Gasteiger partial charge in [-0.15, -0.1) is 0 Å². The number of aryl methyl sites for hydroxylation is 1. The maximum Gasteiger partial charge on any atom is 0.261 e. The topological polar surface area (TPSA) is 70.0 Å². The minimum absolute atomic E-state index is 0.0272. The third-order valence-electron chi connectivity index (χ3n) is 3.64. The van der Waals surface area contributed by atoms with Crippen LogP contribution in [0, 0.1) is 17.6 Å². The molecule has 0 amide bonds. The lowest BCUT2D eigenvalue weighted by atomic mass is 9.87. The zero-order valence-corrected chi connectivity index (χ0v) is 15.8. The summed E-state index contributed by atoms with van der Waals surface area (Å²) < 4.78 is 27.7. The van der Waals surface area contributed by atoms with E-state index < -0.39 is 10.0 Å². The Morgan fingerprint density at radius 2 is 1.71 bits per heavy atom. The predicted molar refractivity (Wildman–Crippen MR) is 98.6 cm³/mol. The summed E-state index contributed by atoms with van der Waals surface area (Å²) in [6.45, 7) is 8.05. The van der Waals surface area contributed by atoms with Crippen molar-refractivity contribution in [1.82, 2.24) is 0 Å². The van der Waals surface area contributed by atoms with Gasteiger partial charge in [0.1, 0.15) is 5.40 Å². The largest absolute Gasteiger partial charge is 0.279 e. The Morgan fingerprint density at radius 1 is 1.08 bits per heavy atom. The molecule has 0 saturated carbocycles. The van der Waals surface area contributed by atoms with Crippen molar-refractivity contribution in [3.05, 3.63) is 53.6 Å². The third-order valence-corrected chi connectivity index (χ3v) is 5.60. The van der Waals surface area contributed by atoms with Gasteiger partial charge in [-0.3, -0.25) is 4.72 Å². The average Bonchev–Trinajstić information content (AvgIpc) is 2.49. The van der Waals surface area contributed by atoms with Gasteiger partial charge in [0.2, 0.25) is 0 Å². The molecule has 2 rings (SSSR count). The van der Waals surface area contributed by atoms with Crippen molar-refractivity contribution < 1.29 is 8.42 Å². The molecular formula is C18H20N2O2S2. The van der Waals surface area contributed by atoms with E-state index in [0.29, 0.717) is 5.69 Å². The first-order chi connectivity index (χ1) is 11.1. The molecule has 0 atom stereocenters. The van der Waals surface area contributed by atoms with E-state index in [9.17, 15) is 8.42 Å². The summed E-state index contributed by atoms with van der Waals surface area (Å²) in [6, 6.07) is 12.1. The Labute approximate surface area is 148 Å². The second-order valence-electron chi connectivity index (χ2n) is 6.55. The van der Waals surface area contributed by atoms with Gasteiger partial charge in [0.15, 0.2) is 0 Å². The highest BCUT2D eigenvalue weighted by Gasteiger charge is 2.18. The van der Waals surface area contributed by atoms with Crippen LogP contribution in [0.15, 0.2) is 52.3 Å². The van der Waals surface area contributed by atoms with Gasteiger partial charge in [-0.2, -0.15) is 5.26 Å². The highest BCUT2D eigenvalue weighted by Crippen LogP contribution is 2.27. The van der Waals surface area contributed by atoms with Crippen molar-refractivity contribution in [3.8, 4) is 5.40 Å². The lowest BCUT2D eigenvalue weighted by molar-refractivity contribution is 0.587. The van der Waals surface area contributed by atoms with E-state index in [2.05, 4.69) is 25.5 Å². The summed E-state index contributed by atoms with van der Waals surface area (Å²) in [5, 5.41) is 10.7. The van der Waals surface area contributed by atoms with Crippen LogP contribution in [0.2, 0.25) is 0 Å². The van der Waals surface area contributed by atoms with Crippen LogP contribution < -0.4 is 4.72 Å². The molecule has 0 fully saturated rings. The minimum Gasteiger partial charge on any atom is -0.279 e. The molecule has 6 heteroatoms. The molecule has 0 aliphatic carbocycles. The molecule has 0 heterocycles.